The van der Waals surface area contributed by atoms with Crippen molar-refractivity contribution in [2.24, 2.45) is 4.99 Å². The largest absolute Gasteiger partial charge is 0.353 e. The first-order valence-electron chi connectivity index (χ1n) is 3.07. The van der Waals surface area contributed by atoms with Gasteiger partial charge in [0.1, 0.15) is 0 Å². The molecule has 4 heteroatoms. The number of aliphatic imine (C=N–C) groups is 1. The third-order valence-corrected chi connectivity index (χ3v) is 1.03. The Hall–Kier alpha value is -0.510. The first-order chi connectivity index (χ1) is 4.66. The first-order valence-corrected chi connectivity index (χ1v) is 4.36. The van der Waals surface area contributed by atoms with Gasteiger partial charge in [0.15, 0.2) is 0 Å². The van der Waals surface area contributed by atoms with Crippen LogP contribution < -0.4 is 5.32 Å². The minimum atomic E-state index is 0.226. The van der Waals surface area contributed by atoms with Crippen molar-refractivity contribution in [1.82, 2.24) is 5.32 Å². The summed E-state index contributed by atoms with van der Waals surface area (Å²) in [6, 6.07) is 0.284. The van der Waals surface area contributed by atoms with Crippen LogP contribution in [0.15, 0.2) is 4.99 Å². The SMILES string of the molecule is CS/C=N/C(=N)NC(C)C. The Kier molecular flexibility index (Phi) is 5.02. The van der Waals surface area contributed by atoms with Gasteiger partial charge in [-0.05, 0) is 20.1 Å². The molecule has 58 valence electrons. The number of thioether (sulfide) groups is 1. The van der Waals surface area contributed by atoms with Crippen molar-refractivity contribution >= 4 is 23.3 Å². The van der Waals surface area contributed by atoms with Crippen LogP contribution in [0.2, 0.25) is 0 Å². The summed E-state index contributed by atoms with van der Waals surface area (Å²) in [5.74, 6) is 0.226. The Bertz CT molecular complexity index is 131. The molecule has 10 heavy (non-hydrogen) atoms. The zero-order valence-corrected chi connectivity index (χ0v) is 7.33. The van der Waals surface area contributed by atoms with Crippen LogP contribution in [0.3, 0.4) is 0 Å². The smallest absolute Gasteiger partial charge is 0.215 e. The monoisotopic (exact) mass is 159 g/mol. The van der Waals surface area contributed by atoms with Crippen LogP contribution in [-0.2, 0) is 0 Å². The summed E-state index contributed by atoms with van der Waals surface area (Å²) in [6.07, 6.45) is 1.91. The molecular formula is C6H13N3S. The molecule has 0 atom stereocenters. The van der Waals surface area contributed by atoms with E-state index in [1.165, 1.54) is 11.8 Å². The van der Waals surface area contributed by atoms with Gasteiger partial charge in [-0.1, -0.05) is 0 Å². The van der Waals surface area contributed by atoms with E-state index in [1.54, 1.807) is 5.55 Å². The molecular weight excluding hydrogens is 146 g/mol. The molecule has 0 saturated carbocycles. The zero-order valence-electron chi connectivity index (χ0n) is 6.51. The molecule has 0 aliphatic carbocycles. The molecule has 3 nitrogen and oxygen atoms in total. The standard InChI is InChI=1S/C6H13N3S/c1-5(2)9-6(7)8-4-10-3/h4-5H,1-3H3,(H2,7,9)/b8-4+. The third-order valence-electron chi connectivity index (χ3n) is 0.713. The highest BCUT2D eigenvalue weighted by molar-refractivity contribution is 8.11. The first kappa shape index (κ1) is 9.49. The molecule has 0 aliphatic rings. The van der Waals surface area contributed by atoms with E-state index in [2.05, 4.69) is 10.3 Å². The molecule has 0 amide bonds. The van der Waals surface area contributed by atoms with E-state index >= 15 is 0 Å². The summed E-state index contributed by atoms with van der Waals surface area (Å²) in [7, 11) is 0. The predicted octanol–water partition coefficient (Wildman–Crippen LogP) is 1.31. The minimum absolute atomic E-state index is 0.226. The van der Waals surface area contributed by atoms with Gasteiger partial charge in [-0.15, -0.1) is 11.8 Å². The van der Waals surface area contributed by atoms with Crippen molar-refractivity contribution in [3.05, 3.63) is 0 Å². The van der Waals surface area contributed by atoms with Gasteiger partial charge >= 0.3 is 0 Å². The average molecular weight is 159 g/mol. The molecule has 0 saturated heterocycles. The van der Waals surface area contributed by atoms with Crippen molar-refractivity contribution < 1.29 is 0 Å². The van der Waals surface area contributed by atoms with E-state index in [0.29, 0.717) is 0 Å². The van der Waals surface area contributed by atoms with Crippen molar-refractivity contribution in [2.75, 3.05) is 6.26 Å². The fraction of sp³-hybridized carbons (Fsp3) is 0.667. The lowest BCUT2D eigenvalue weighted by Crippen LogP contribution is -2.27. The molecule has 0 bridgehead atoms. The van der Waals surface area contributed by atoms with Crippen LogP contribution in [0.25, 0.3) is 0 Å². The number of rotatable bonds is 2. The van der Waals surface area contributed by atoms with E-state index in [-0.39, 0.29) is 12.0 Å². The van der Waals surface area contributed by atoms with Gasteiger partial charge in [-0.3, -0.25) is 5.41 Å². The average Bonchev–Trinajstić information content (AvgIpc) is 1.82. The van der Waals surface area contributed by atoms with Crippen LogP contribution in [0.4, 0.5) is 0 Å². The number of nitrogens with one attached hydrogen (secondary N) is 2. The summed E-state index contributed by atoms with van der Waals surface area (Å²) >= 11 is 1.48. The lowest BCUT2D eigenvalue weighted by molar-refractivity contribution is 0.725. The van der Waals surface area contributed by atoms with Crippen LogP contribution in [0.1, 0.15) is 13.8 Å². The Balaban J connectivity index is 3.54. The Labute approximate surface area is 65.8 Å². The van der Waals surface area contributed by atoms with Crippen molar-refractivity contribution in [3.8, 4) is 0 Å². The van der Waals surface area contributed by atoms with E-state index in [9.17, 15) is 0 Å². The number of nitrogens with zero attached hydrogens (tertiary/aromatic N) is 1. The van der Waals surface area contributed by atoms with Gasteiger partial charge < -0.3 is 5.32 Å². The van der Waals surface area contributed by atoms with Gasteiger partial charge in [0.2, 0.25) is 5.96 Å². The highest BCUT2D eigenvalue weighted by Crippen LogP contribution is 1.84. The molecule has 0 radical (unpaired) electrons. The molecule has 0 aliphatic heterocycles. The van der Waals surface area contributed by atoms with E-state index in [4.69, 9.17) is 5.41 Å². The molecule has 2 N–H and O–H groups in total. The minimum Gasteiger partial charge on any atom is -0.353 e. The molecule has 0 spiro atoms. The maximum Gasteiger partial charge on any atom is 0.215 e. The van der Waals surface area contributed by atoms with Crippen molar-refractivity contribution in [3.63, 3.8) is 0 Å². The van der Waals surface area contributed by atoms with E-state index in [0.717, 1.165) is 0 Å². The van der Waals surface area contributed by atoms with Crippen LogP contribution in [0.5, 0.6) is 0 Å². The second-order valence-electron chi connectivity index (χ2n) is 2.12. The molecule has 0 aromatic heterocycles. The summed E-state index contributed by atoms with van der Waals surface area (Å²) < 4.78 is 0. The van der Waals surface area contributed by atoms with Crippen LogP contribution >= 0.6 is 11.8 Å². The summed E-state index contributed by atoms with van der Waals surface area (Å²) in [4.78, 5) is 3.79. The fourth-order valence-corrected chi connectivity index (χ4v) is 0.627. The van der Waals surface area contributed by atoms with Crippen LogP contribution in [0, 0.1) is 5.41 Å². The number of hydrogen-bond donors (Lipinski definition) is 2. The zero-order chi connectivity index (χ0) is 7.98. The Morgan fingerprint density at radius 3 is 2.70 bits per heavy atom. The normalized spacial score (nSPS) is 10.8. The maximum absolute atomic E-state index is 7.20. The third kappa shape index (κ3) is 5.62. The van der Waals surface area contributed by atoms with Gasteiger partial charge in [0, 0.05) is 6.04 Å². The molecule has 0 fully saturated rings. The predicted molar refractivity (Wildman–Crippen MR) is 48.0 cm³/mol. The quantitative estimate of drug-likeness (QED) is 0.471. The second kappa shape index (κ2) is 5.29. The highest BCUT2D eigenvalue weighted by Gasteiger charge is 1.92. The van der Waals surface area contributed by atoms with Gasteiger partial charge in [-0.25, -0.2) is 4.99 Å². The van der Waals surface area contributed by atoms with Crippen molar-refractivity contribution in [1.29, 1.82) is 5.41 Å². The summed E-state index contributed by atoms with van der Waals surface area (Å²) in [6.45, 7) is 3.95. The molecule has 0 heterocycles. The lowest BCUT2D eigenvalue weighted by Gasteiger charge is -2.05. The van der Waals surface area contributed by atoms with Gasteiger partial charge in [-0.2, -0.15) is 0 Å². The van der Waals surface area contributed by atoms with Gasteiger partial charge in [0.05, 0.1) is 5.55 Å². The van der Waals surface area contributed by atoms with Gasteiger partial charge in [0.25, 0.3) is 0 Å². The molecule has 0 aromatic rings. The summed E-state index contributed by atoms with van der Waals surface area (Å²) in [5.41, 5.74) is 1.64. The molecule has 0 unspecified atom stereocenters. The Morgan fingerprint density at radius 1 is 1.70 bits per heavy atom. The summed E-state index contributed by atoms with van der Waals surface area (Å²) in [5, 5.41) is 10.0. The topological polar surface area (TPSA) is 48.2 Å². The molecule has 0 aromatic carbocycles. The van der Waals surface area contributed by atoms with Crippen LogP contribution in [-0.4, -0.2) is 23.8 Å². The number of guanidine groups is 1. The second-order valence-corrected chi connectivity index (χ2v) is 2.80. The fourth-order valence-electron chi connectivity index (χ4n) is 0.416. The lowest BCUT2D eigenvalue weighted by atomic mass is 10.4. The maximum atomic E-state index is 7.20. The van der Waals surface area contributed by atoms with E-state index < -0.39 is 0 Å². The molecule has 0 rings (SSSR count). The van der Waals surface area contributed by atoms with E-state index in [1.807, 2.05) is 20.1 Å². The van der Waals surface area contributed by atoms with Crippen molar-refractivity contribution in [2.45, 2.75) is 19.9 Å². The Morgan fingerprint density at radius 2 is 2.30 bits per heavy atom. The highest BCUT2D eigenvalue weighted by atomic mass is 32.2. The number of hydrogen-bond acceptors (Lipinski definition) is 2.